The number of carbonyl (C=O) groups excluding carboxylic acids is 2. The first-order valence-corrected chi connectivity index (χ1v) is 11.9. The van der Waals surface area contributed by atoms with E-state index in [9.17, 15) is 9.59 Å². The van der Waals surface area contributed by atoms with Crippen LogP contribution in [0.4, 0.5) is 0 Å². The summed E-state index contributed by atoms with van der Waals surface area (Å²) in [6.45, 7) is 2.76. The highest BCUT2D eigenvalue weighted by Gasteiger charge is 2.19. The quantitative estimate of drug-likeness (QED) is 0.240. The third-order valence-electron chi connectivity index (χ3n) is 4.70. The lowest BCUT2D eigenvalue weighted by Crippen LogP contribution is -2.41. The molecule has 0 bridgehead atoms. The Balaban J connectivity index is 1.81. The number of benzene rings is 3. The van der Waals surface area contributed by atoms with E-state index < -0.39 is 6.17 Å². The molecule has 3 rings (SSSR count). The number of hydrogen-bond acceptors (Lipinski definition) is 3. The minimum absolute atomic E-state index is 0.297. The molecule has 3 aromatic rings. The molecule has 0 spiro atoms. The molecule has 0 aliphatic carbocycles. The molecule has 0 aliphatic heterocycles. The van der Waals surface area contributed by atoms with E-state index >= 15 is 0 Å². The SMILES string of the molecule is CCCCOc1ccc(C(NC(=O)c2cccc(Br)c2)NC(=O)c2cccc(Br)c2)cc1. The van der Waals surface area contributed by atoms with Crippen molar-refractivity contribution in [2.24, 2.45) is 0 Å². The van der Waals surface area contributed by atoms with Crippen LogP contribution < -0.4 is 15.4 Å². The van der Waals surface area contributed by atoms with Crippen molar-refractivity contribution in [1.29, 1.82) is 0 Å². The van der Waals surface area contributed by atoms with Gasteiger partial charge in [-0.25, -0.2) is 0 Å². The summed E-state index contributed by atoms with van der Waals surface area (Å²) < 4.78 is 7.32. The average Bonchev–Trinajstić information content (AvgIpc) is 2.79. The van der Waals surface area contributed by atoms with Crippen LogP contribution in [0.1, 0.15) is 52.2 Å². The summed E-state index contributed by atoms with van der Waals surface area (Å²) in [4.78, 5) is 25.8. The van der Waals surface area contributed by atoms with Gasteiger partial charge in [-0.05, 0) is 60.5 Å². The van der Waals surface area contributed by atoms with Crippen molar-refractivity contribution in [1.82, 2.24) is 10.6 Å². The average molecular weight is 560 g/mol. The minimum Gasteiger partial charge on any atom is -0.494 e. The van der Waals surface area contributed by atoms with Crippen molar-refractivity contribution in [2.45, 2.75) is 25.9 Å². The maximum atomic E-state index is 12.9. The van der Waals surface area contributed by atoms with Gasteiger partial charge in [-0.2, -0.15) is 0 Å². The third kappa shape index (κ3) is 6.93. The molecule has 0 fully saturated rings. The molecule has 2 N–H and O–H groups in total. The fraction of sp³-hybridized carbons (Fsp3) is 0.200. The van der Waals surface area contributed by atoms with Crippen LogP contribution in [0.2, 0.25) is 0 Å². The van der Waals surface area contributed by atoms with Gasteiger partial charge in [0.25, 0.3) is 11.8 Å². The van der Waals surface area contributed by atoms with E-state index in [-0.39, 0.29) is 11.8 Å². The molecule has 0 unspecified atom stereocenters. The topological polar surface area (TPSA) is 67.4 Å². The van der Waals surface area contributed by atoms with E-state index in [0.29, 0.717) is 17.7 Å². The van der Waals surface area contributed by atoms with Gasteiger partial charge in [0.05, 0.1) is 6.61 Å². The van der Waals surface area contributed by atoms with Gasteiger partial charge >= 0.3 is 0 Å². The van der Waals surface area contributed by atoms with E-state index in [4.69, 9.17) is 4.74 Å². The highest BCUT2D eigenvalue weighted by Crippen LogP contribution is 2.20. The molecule has 0 atom stereocenters. The van der Waals surface area contributed by atoms with Crippen LogP contribution in [0, 0.1) is 0 Å². The maximum Gasteiger partial charge on any atom is 0.253 e. The summed E-state index contributed by atoms with van der Waals surface area (Å²) in [7, 11) is 0. The molecule has 7 heteroatoms. The van der Waals surface area contributed by atoms with Gasteiger partial charge in [0.15, 0.2) is 0 Å². The van der Waals surface area contributed by atoms with Gasteiger partial charge in [-0.3, -0.25) is 9.59 Å². The van der Waals surface area contributed by atoms with Gasteiger partial charge in [0.1, 0.15) is 11.9 Å². The van der Waals surface area contributed by atoms with Crippen LogP contribution in [-0.2, 0) is 0 Å². The molecular weight excluding hydrogens is 536 g/mol. The molecule has 0 heterocycles. The van der Waals surface area contributed by atoms with Crippen molar-refractivity contribution in [3.8, 4) is 5.75 Å². The Morgan fingerprint density at radius 3 is 1.84 bits per heavy atom. The fourth-order valence-corrected chi connectivity index (χ4v) is 3.78. The maximum absolute atomic E-state index is 12.9. The first kappa shape index (κ1) is 24.0. The number of halogens is 2. The van der Waals surface area contributed by atoms with Gasteiger partial charge in [-0.15, -0.1) is 0 Å². The van der Waals surface area contributed by atoms with Crippen LogP contribution in [0.5, 0.6) is 5.75 Å². The monoisotopic (exact) mass is 558 g/mol. The molecule has 5 nitrogen and oxygen atoms in total. The first-order valence-electron chi connectivity index (χ1n) is 10.3. The molecule has 0 saturated heterocycles. The lowest BCUT2D eigenvalue weighted by atomic mass is 10.1. The molecule has 2 amide bonds. The smallest absolute Gasteiger partial charge is 0.253 e. The second-order valence-electron chi connectivity index (χ2n) is 7.17. The Kier molecular flexibility index (Phi) is 8.88. The fourth-order valence-electron chi connectivity index (χ4n) is 2.98. The normalized spacial score (nSPS) is 10.6. The molecule has 166 valence electrons. The highest BCUT2D eigenvalue weighted by molar-refractivity contribution is 9.10. The van der Waals surface area contributed by atoms with Crippen LogP contribution in [0.15, 0.2) is 81.7 Å². The van der Waals surface area contributed by atoms with E-state index in [2.05, 4.69) is 49.4 Å². The van der Waals surface area contributed by atoms with Crippen molar-refractivity contribution >= 4 is 43.7 Å². The van der Waals surface area contributed by atoms with Crippen molar-refractivity contribution in [3.05, 3.63) is 98.4 Å². The van der Waals surface area contributed by atoms with E-state index in [1.54, 1.807) is 36.4 Å². The number of rotatable bonds is 9. The summed E-state index contributed by atoms with van der Waals surface area (Å²) in [6, 6.07) is 21.5. The third-order valence-corrected chi connectivity index (χ3v) is 5.69. The molecule has 0 aromatic heterocycles. The van der Waals surface area contributed by atoms with Crippen LogP contribution in [-0.4, -0.2) is 18.4 Å². The van der Waals surface area contributed by atoms with Crippen molar-refractivity contribution in [3.63, 3.8) is 0 Å². The van der Waals surface area contributed by atoms with Gasteiger partial charge in [0.2, 0.25) is 0 Å². The van der Waals surface area contributed by atoms with Gasteiger partial charge < -0.3 is 15.4 Å². The second kappa shape index (κ2) is 11.8. The Labute approximate surface area is 204 Å². The van der Waals surface area contributed by atoms with E-state index in [1.807, 2.05) is 36.4 Å². The number of carbonyl (C=O) groups is 2. The molecule has 0 aliphatic rings. The minimum atomic E-state index is -0.724. The zero-order valence-electron chi connectivity index (χ0n) is 17.6. The predicted octanol–water partition coefficient (Wildman–Crippen LogP) is 6.25. The zero-order valence-corrected chi connectivity index (χ0v) is 20.8. The predicted molar refractivity (Wildman–Crippen MR) is 133 cm³/mol. The Bertz CT molecular complexity index is 1010. The van der Waals surface area contributed by atoms with Gasteiger partial charge in [0, 0.05) is 20.1 Å². The summed E-state index contributed by atoms with van der Waals surface area (Å²) >= 11 is 6.77. The molecule has 32 heavy (non-hydrogen) atoms. The summed E-state index contributed by atoms with van der Waals surface area (Å²) in [5, 5.41) is 5.84. The summed E-state index contributed by atoms with van der Waals surface area (Å²) in [5.74, 6) is 0.154. The lowest BCUT2D eigenvalue weighted by molar-refractivity contribution is 0.0883. The van der Waals surface area contributed by atoms with Crippen LogP contribution in [0.25, 0.3) is 0 Å². The van der Waals surface area contributed by atoms with Gasteiger partial charge in [-0.1, -0.05) is 69.5 Å². The molecule has 0 radical (unpaired) electrons. The largest absolute Gasteiger partial charge is 0.494 e. The zero-order chi connectivity index (χ0) is 22.9. The lowest BCUT2D eigenvalue weighted by Gasteiger charge is -2.21. The van der Waals surface area contributed by atoms with Crippen molar-refractivity contribution in [2.75, 3.05) is 6.61 Å². The molecule has 3 aromatic carbocycles. The second-order valence-corrected chi connectivity index (χ2v) is 9.00. The number of ether oxygens (including phenoxy) is 1. The Hall–Kier alpha value is -2.64. The Morgan fingerprint density at radius 1 is 0.844 bits per heavy atom. The van der Waals surface area contributed by atoms with E-state index in [1.165, 1.54) is 0 Å². The first-order chi connectivity index (χ1) is 15.5. The molecular formula is C25H24Br2N2O3. The van der Waals surface area contributed by atoms with Crippen LogP contribution >= 0.6 is 31.9 Å². The standard InChI is InChI=1S/C25H24Br2N2O3/c1-2-3-14-32-22-12-10-17(11-13-22)23(28-24(30)18-6-4-8-20(26)15-18)29-25(31)19-7-5-9-21(27)16-19/h4-13,15-16,23H,2-3,14H2,1H3,(H,28,30)(H,29,31). The van der Waals surface area contributed by atoms with Crippen LogP contribution in [0.3, 0.4) is 0 Å². The number of amides is 2. The summed E-state index contributed by atoms with van der Waals surface area (Å²) in [6.07, 6.45) is 1.32. The molecule has 0 saturated carbocycles. The van der Waals surface area contributed by atoms with Crippen molar-refractivity contribution < 1.29 is 14.3 Å². The number of hydrogen-bond donors (Lipinski definition) is 2. The van der Waals surface area contributed by atoms with E-state index in [0.717, 1.165) is 33.1 Å². The Morgan fingerprint density at radius 2 is 1.38 bits per heavy atom. The number of unbranched alkanes of at least 4 members (excludes halogenated alkanes) is 1. The number of nitrogens with one attached hydrogen (secondary N) is 2. The highest BCUT2D eigenvalue weighted by atomic mass is 79.9. The summed E-state index contributed by atoms with van der Waals surface area (Å²) in [5.41, 5.74) is 1.71.